The van der Waals surface area contributed by atoms with Gasteiger partial charge in [-0.05, 0) is 36.5 Å². The van der Waals surface area contributed by atoms with Crippen molar-refractivity contribution in [3.05, 3.63) is 29.8 Å². The Kier molecular flexibility index (Phi) is 10.9. The van der Waals surface area contributed by atoms with Gasteiger partial charge in [0.2, 0.25) is 0 Å². The number of hydrogen-bond acceptors (Lipinski definition) is 1. The van der Waals surface area contributed by atoms with Gasteiger partial charge in [0.25, 0.3) is 0 Å². The van der Waals surface area contributed by atoms with Crippen molar-refractivity contribution < 1.29 is 5.11 Å². The maximum absolute atomic E-state index is 9.75. The Bertz CT molecular complexity index is 358. The van der Waals surface area contributed by atoms with Crippen LogP contribution in [0.4, 0.5) is 0 Å². The highest BCUT2D eigenvalue weighted by molar-refractivity contribution is 5.29. The van der Waals surface area contributed by atoms with Crippen molar-refractivity contribution in [1.29, 1.82) is 0 Å². The second-order valence-electron chi connectivity index (χ2n) is 6.70. The molecule has 1 heteroatoms. The smallest absolute Gasteiger partial charge is 0.115 e. The monoisotopic (exact) mass is 304 g/mol. The molecule has 0 aromatic heterocycles. The summed E-state index contributed by atoms with van der Waals surface area (Å²) in [6.45, 7) is 4.54. The Morgan fingerprint density at radius 1 is 0.773 bits per heavy atom. The van der Waals surface area contributed by atoms with Gasteiger partial charge in [0.15, 0.2) is 0 Å². The van der Waals surface area contributed by atoms with Crippen LogP contribution in [0, 0.1) is 0 Å². The number of unbranched alkanes of at least 4 members (excludes halogenated alkanes) is 8. The fourth-order valence-corrected chi connectivity index (χ4v) is 3.24. The number of hydrogen-bond donors (Lipinski definition) is 1. The molecule has 0 aliphatic carbocycles. The zero-order valence-corrected chi connectivity index (χ0v) is 14.8. The zero-order chi connectivity index (χ0) is 16.0. The third-order valence-electron chi connectivity index (χ3n) is 4.65. The van der Waals surface area contributed by atoms with Gasteiger partial charge in [-0.2, -0.15) is 0 Å². The van der Waals surface area contributed by atoms with E-state index in [0.29, 0.717) is 11.7 Å². The van der Waals surface area contributed by atoms with Crippen LogP contribution in [0.1, 0.15) is 102 Å². The summed E-state index contributed by atoms with van der Waals surface area (Å²) >= 11 is 0. The van der Waals surface area contributed by atoms with Crippen molar-refractivity contribution >= 4 is 0 Å². The summed E-state index contributed by atoms with van der Waals surface area (Å²) in [6.07, 6.45) is 16.0. The molecule has 1 rings (SSSR count). The zero-order valence-electron chi connectivity index (χ0n) is 14.8. The molecule has 1 nitrogen and oxygen atoms in total. The van der Waals surface area contributed by atoms with Crippen LogP contribution in [0.3, 0.4) is 0 Å². The van der Waals surface area contributed by atoms with Gasteiger partial charge < -0.3 is 5.11 Å². The largest absolute Gasteiger partial charge is 0.508 e. The molecule has 0 aliphatic rings. The first-order chi connectivity index (χ1) is 10.8. The molecule has 0 heterocycles. The third-order valence-corrected chi connectivity index (χ3v) is 4.65. The number of phenolic OH excluding ortho intramolecular Hbond substituents is 1. The van der Waals surface area contributed by atoms with Crippen LogP contribution in [0.5, 0.6) is 5.75 Å². The Labute approximate surface area is 138 Å². The number of aromatic hydroxyl groups is 1. The molecule has 0 radical (unpaired) electrons. The lowest BCUT2D eigenvalue weighted by Crippen LogP contribution is -2.00. The van der Waals surface area contributed by atoms with Gasteiger partial charge in [0.05, 0.1) is 0 Å². The fraction of sp³-hybridized carbons (Fsp3) is 0.714. The number of rotatable bonds is 13. The first-order valence-electron chi connectivity index (χ1n) is 9.56. The van der Waals surface area contributed by atoms with Gasteiger partial charge in [-0.15, -0.1) is 0 Å². The summed E-state index contributed by atoms with van der Waals surface area (Å²) in [5, 5.41) is 9.75. The molecule has 1 aromatic carbocycles. The standard InChI is InChI=1S/C21H36O/c1-3-5-7-9-11-14-19(15-12-10-8-6-4-2)20-16-13-17-21(22)18-20/h13,16-19,22H,3-12,14-15H2,1-2H3. The second-order valence-corrected chi connectivity index (χ2v) is 6.70. The highest BCUT2D eigenvalue weighted by Crippen LogP contribution is 2.30. The first-order valence-corrected chi connectivity index (χ1v) is 9.56. The maximum Gasteiger partial charge on any atom is 0.115 e. The van der Waals surface area contributed by atoms with Gasteiger partial charge in [-0.3, -0.25) is 0 Å². The van der Waals surface area contributed by atoms with E-state index in [-0.39, 0.29) is 0 Å². The van der Waals surface area contributed by atoms with Crippen molar-refractivity contribution in [3.8, 4) is 5.75 Å². The summed E-state index contributed by atoms with van der Waals surface area (Å²) in [6, 6.07) is 7.94. The van der Waals surface area contributed by atoms with Gasteiger partial charge in [0.1, 0.15) is 5.75 Å². The van der Waals surface area contributed by atoms with E-state index in [9.17, 15) is 5.11 Å². The van der Waals surface area contributed by atoms with Crippen LogP contribution in [-0.2, 0) is 0 Å². The predicted octanol–water partition coefficient (Wildman–Crippen LogP) is 7.20. The molecule has 1 N–H and O–H groups in total. The highest BCUT2D eigenvalue weighted by Gasteiger charge is 2.11. The fourth-order valence-electron chi connectivity index (χ4n) is 3.24. The molecule has 0 saturated heterocycles. The highest BCUT2D eigenvalue weighted by atomic mass is 16.3. The molecular formula is C21H36O. The minimum atomic E-state index is 0.416. The number of benzene rings is 1. The van der Waals surface area contributed by atoms with Gasteiger partial charge >= 0.3 is 0 Å². The quantitative estimate of drug-likeness (QED) is 0.382. The molecule has 0 unspecified atom stereocenters. The van der Waals surface area contributed by atoms with Gasteiger partial charge in [0, 0.05) is 0 Å². The molecule has 126 valence electrons. The van der Waals surface area contributed by atoms with E-state index in [4.69, 9.17) is 0 Å². The van der Waals surface area contributed by atoms with Crippen LogP contribution in [0.15, 0.2) is 24.3 Å². The minimum absolute atomic E-state index is 0.416. The van der Waals surface area contributed by atoms with Crippen molar-refractivity contribution in [2.45, 2.75) is 96.8 Å². The molecule has 1 aromatic rings. The molecular weight excluding hydrogens is 268 g/mol. The average Bonchev–Trinajstić information content (AvgIpc) is 2.52. The molecule has 0 saturated carbocycles. The Balaban J connectivity index is 2.42. The molecule has 0 atom stereocenters. The predicted molar refractivity (Wildman–Crippen MR) is 97.6 cm³/mol. The SMILES string of the molecule is CCCCCCCC(CCCCCCC)c1cccc(O)c1. The molecule has 0 aliphatic heterocycles. The van der Waals surface area contributed by atoms with Crippen LogP contribution in [-0.4, -0.2) is 5.11 Å². The lowest BCUT2D eigenvalue weighted by atomic mass is 9.88. The third kappa shape index (κ3) is 8.46. The summed E-state index contributed by atoms with van der Waals surface area (Å²) in [5.74, 6) is 1.05. The second kappa shape index (κ2) is 12.6. The normalized spacial score (nSPS) is 11.2. The van der Waals surface area contributed by atoms with Crippen LogP contribution in [0.2, 0.25) is 0 Å². The summed E-state index contributed by atoms with van der Waals surface area (Å²) in [7, 11) is 0. The van der Waals surface area contributed by atoms with Crippen molar-refractivity contribution in [1.82, 2.24) is 0 Å². The van der Waals surface area contributed by atoms with Crippen molar-refractivity contribution in [2.75, 3.05) is 0 Å². The van der Waals surface area contributed by atoms with Gasteiger partial charge in [-0.25, -0.2) is 0 Å². The molecule has 0 fully saturated rings. The summed E-state index contributed by atoms with van der Waals surface area (Å²) < 4.78 is 0. The Morgan fingerprint density at radius 3 is 1.82 bits per heavy atom. The molecule has 0 amide bonds. The summed E-state index contributed by atoms with van der Waals surface area (Å²) in [4.78, 5) is 0. The van der Waals surface area contributed by atoms with Gasteiger partial charge in [-0.1, -0.05) is 90.2 Å². The van der Waals surface area contributed by atoms with E-state index in [0.717, 1.165) is 0 Å². The van der Waals surface area contributed by atoms with E-state index >= 15 is 0 Å². The lowest BCUT2D eigenvalue weighted by Gasteiger charge is -2.18. The molecule has 0 bridgehead atoms. The van der Waals surface area contributed by atoms with E-state index in [1.807, 2.05) is 12.1 Å². The first kappa shape index (κ1) is 19.1. The molecule has 22 heavy (non-hydrogen) atoms. The van der Waals surface area contributed by atoms with Crippen molar-refractivity contribution in [3.63, 3.8) is 0 Å². The topological polar surface area (TPSA) is 20.2 Å². The lowest BCUT2D eigenvalue weighted by molar-refractivity contribution is 0.466. The summed E-state index contributed by atoms with van der Waals surface area (Å²) in [5.41, 5.74) is 1.34. The maximum atomic E-state index is 9.75. The van der Waals surface area contributed by atoms with E-state index in [1.54, 1.807) is 6.07 Å². The van der Waals surface area contributed by atoms with E-state index in [2.05, 4.69) is 19.9 Å². The van der Waals surface area contributed by atoms with Crippen molar-refractivity contribution in [2.24, 2.45) is 0 Å². The van der Waals surface area contributed by atoms with Crippen LogP contribution >= 0.6 is 0 Å². The average molecular weight is 305 g/mol. The minimum Gasteiger partial charge on any atom is -0.508 e. The van der Waals surface area contributed by atoms with Crippen LogP contribution in [0.25, 0.3) is 0 Å². The molecule has 0 spiro atoms. The number of phenols is 1. The van der Waals surface area contributed by atoms with E-state index < -0.39 is 0 Å². The Hall–Kier alpha value is -0.980. The van der Waals surface area contributed by atoms with E-state index in [1.165, 1.54) is 82.6 Å². The Morgan fingerprint density at radius 2 is 1.32 bits per heavy atom. The van der Waals surface area contributed by atoms with Crippen LogP contribution < -0.4 is 0 Å².